The lowest BCUT2D eigenvalue weighted by Crippen LogP contribution is -2.29. The summed E-state index contributed by atoms with van der Waals surface area (Å²) in [5.74, 6) is -13.3. The second-order valence-corrected chi connectivity index (χ2v) is 5.70. The van der Waals surface area contributed by atoms with Gasteiger partial charge in [0.2, 0.25) is 0 Å². The second kappa shape index (κ2) is 8.68. The predicted octanol–water partition coefficient (Wildman–Crippen LogP) is 7.30. The lowest BCUT2D eigenvalue weighted by atomic mass is 10.0. The van der Waals surface area contributed by atoms with E-state index in [4.69, 9.17) is 0 Å². The van der Waals surface area contributed by atoms with E-state index in [1.54, 1.807) is 0 Å². The number of ether oxygens (including phenoxy) is 1. The minimum absolute atomic E-state index is 0.197. The minimum atomic E-state index is -4.72. The average molecular weight is 438 g/mol. The number of alkyl halides is 2. The lowest BCUT2D eigenvalue weighted by Gasteiger charge is -2.21. The molecule has 0 N–H and O–H groups in total. The largest absolute Gasteiger partial charge is 0.432 e. The molecule has 0 aliphatic rings. The Labute approximate surface area is 164 Å². The SMILES string of the molecule is C=C/C(F)=C(\C(F)=C/C)C(F)(F)Oc1cc(F)c(-c2cc(F)c(F)c(F)c2)c(F)c1. The summed E-state index contributed by atoms with van der Waals surface area (Å²) in [5, 5.41) is 0. The maximum atomic E-state index is 14.3. The molecule has 160 valence electrons. The van der Waals surface area contributed by atoms with Gasteiger partial charge in [0.25, 0.3) is 0 Å². The molecular weight excluding hydrogens is 427 g/mol. The van der Waals surface area contributed by atoms with Crippen LogP contribution in [0.15, 0.2) is 60.2 Å². The van der Waals surface area contributed by atoms with Gasteiger partial charge in [0, 0.05) is 12.1 Å². The Morgan fingerprint density at radius 3 is 1.83 bits per heavy atom. The molecule has 30 heavy (non-hydrogen) atoms. The molecule has 0 radical (unpaired) electrons. The van der Waals surface area contributed by atoms with E-state index in [0.29, 0.717) is 6.08 Å². The molecule has 2 aromatic carbocycles. The highest BCUT2D eigenvalue weighted by atomic mass is 19.3. The molecule has 0 saturated heterocycles. The van der Waals surface area contributed by atoms with E-state index in [9.17, 15) is 39.5 Å². The van der Waals surface area contributed by atoms with E-state index in [2.05, 4.69) is 11.3 Å². The monoisotopic (exact) mass is 438 g/mol. The van der Waals surface area contributed by atoms with E-state index in [-0.39, 0.29) is 30.3 Å². The Morgan fingerprint density at radius 2 is 1.40 bits per heavy atom. The summed E-state index contributed by atoms with van der Waals surface area (Å²) in [6.45, 7) is 3.87. The van der Waals surface area contributed by atoms with E-state index in [1.807, 2.05) is 0 Å². The molecular formula is C20H11F9O. The highest BCUT2D eigenvalue weighted by Gasteiger charge is 2.42. The summed E-state index contributed by atoms with van der Waals surface area (Å²) in [6, 6.07) is 0.971. The first-order valence-corrected chi connectivity index (χ1v) is 7.98. The Kier molecular flexibility index (Phi) is 6.69. The molecule has 0 aliphatic heterocycles. The zero-order valence-corrected chi connectivity index (χ0v) is 15.0. The van der Waals surface area contributed by atoms with Crippen LogP contribution in [0, 0.1) is 29.1 Å². The fraction of sp³-hybridized carbons (Fsp3) is 0.100. The van der Waals surface area contributed by atoms with Crippen LogP contribution in [0.2, 0.25) is 0 Å². The molecule has 0 aromatic heterocycles. The van der Waals surface area contributed by atoms with Crippen molar-refractivity contribution in [3.8, 4) is 16.9 Å². The van der Waals surface area contributed by atoms with Crippen molar-refractivity contribution >= 4 is 0 Å². The van der Waals surface area contributed by atoms with E-state index < -0.39 is 69.3 Å². The zero-order valence-electron chi connectivity index (χ0n) is 15.0. The van der Waals surface area contributed by atoms with Crippen LogP contribution in [0.25, 0.3) is 11.1 Å². The summed E-state index contributed by atoms with van der Waals surface area (Å²) in [5.41, 5.74) is -3.71. The number of hydrogen-bond donors (Lipinski definition) is 0. The molecule has 0 heterocycles. The molecule has 0 amide bonds. The quantitative estimate of drug-likeness (QED) is 0.261. The minimum Gasteiger partial charge on any atom is -0.429 e. The molecule has 2 aromatic rings. The van der Waals surface area contributed by atoms with E-state index in [1.165, 1.54) is 0 Å². The summed E-state index contributed by atoms with van der Waals surface area (Å²) >= 11 is 0. The number of halogens is 9. The maximum Gasteiger partial charge on any atom is 0.432 e. The third-order valence-corrected chi connectivity index (χ3v) is 3.74. The predicted molar refractivity (Wildman–Crippen MR) is 90.4 cm³/mol. The zero-order chi connectivity index (χ0) is 22.8. The molecule has 0 fully saturated rings. The number of rotatable bonds is 6. The maximum absolute atomic E-state index is 14.3. The molecule has 0 saturated carbocycles. The van der Waals surface area contributed by atoms with Gasteiger partial charge >= 0.3 is 6.11 Å². The number of benzene rings is 2. The highest BCUT2D eigenvalue weighted by molar-refractivity contribution is 5.66. The van der Waals surface area contributed by atoms with Crippen LogP contribution in [0.5, 0.6) is 5.75 Å². The van der Waals surface area contributed by atoms with Crippen molar-refractivity contribution in [1.82, 2.24) is 0 Å². The molecule has 2 rings (SSSR count). The van der Waals surface area contributed by atoms with Crippen molar-refractivity contribution < 1.29 is 44.3 Å². The van der Waals surface area contributed by atoms with Crippen molar-refractivity contribution in [2.75, 3.05) is 0 Å². The Balaban J connectivity index is 2.53. The van der Waals surface area contributed by atoms with Gasteiger partial charge in [-0.15, -0.1) is 0 Å². The molecule has 0 aliphatic carbocycles. The third kappa shape index (κ3) is 4.52. The first-order chi connectivity index (χ1) is 13.9. The van der Waals surface area contributed by atoms with Gasteiger partial charge in [-0.05, 0) is 30.7 Å². The van der Waals surface area contributed by atoms with Crippen LogP contribution >= 0.6 is 0 Å². The molecule has 0 spiro atoms. The van der Waals surface area contributed by atoms with Crippen LogP contribution < -0.4 is 4.74 Å². The fourth-order valence-corrected chi connectivity index (χ4v) is 2.42. The standard InChI is InChI=1S/C20H11F9O/c1-3-11(21)18(12(22)4-2)20(28,29)30-10-7-13(23)17(14(24)8-10)9-5-15(25)19(27)16(26)6-9/h3-8H,1H2,2H3/b12-4+,18-11-. The summed E-state index contributed by atoms with van der Waals surface area (Å²) in [6.07, 6.45) is -3.95. The van der Waals surface area contributed by atoms with E-state index in [0.717, 1.165) is 6.92 Å². The summed E-state index contributed by atoms with van der Waals surface area (Å²) < 4.78 is 128. The van der Waals surface area contributed by atoms with Crippen LogP contribution in [0.4, 0.5) is 39.5 Å². The van der Waals surface area contributed by atoms with Gasteiger partial charge in [-0.25, -0.2) is 30.7 Å². The van der Waals surface area contributed by atoms with Gasteiger partial charge in [-0.2, -0.15) is 8.78 Å². The lowest BCUT2D eigenvalue weighted by molar-refractivity contribution is -0.143. The van der Waals surface area contributed by atoms with Gasteiger partial charge in [-0.3, -0.25) is 0 Å². The van der Waals surface area contributed by atoms with Crippen LogP contribution in [0.1, 0.15) is 6.92 Å². The van der Waals surface area contributed by atoms with Crippen molar-refractivity contribution in [2.24, 2.45) is 0 Å². The van der Waals surface area contributed by atoms with Crippen LogP contribution in [-0.2, 0) is 0 Å². The topological polar surface area (TPSA) is 9.23 Å². The van der Waals surface area contributed by atoms with Crippen molar-refractivity contribution in [1.29, 1.82) is 0 Å². The molecule has 1 nitrogen and oxygen atoms in total. The molecule has 10 heteroatoms. The summed E-state index contributed by atoms with van der Waals surface area (Å²) in [4.78, 5) is 0. The molecule has 0 bridgehead atoms. The number of hydrogen-bond acceptors (Lipinski definition) is 1. The second-order valence-electron chi connectivity index (χ2n) is 5.70. The Bertz CT molecular complexity index is 1010. The first kappa shape index (κ1) is 23.1. The Morgan fingerprint density at radius 1 is 0.900 bits per heavy atom. The van der Waals surface area contributed by atoms with E-state index >= 15 is 0 Å². The van der Waals surface area contributed by atoms with Gasteiger partial charge in [-0.1, -0.05) is 12.7 Å². The third-order valence-electron chi connectivity index (χ3n) is 3.74. The van der Waals surface area contributed by atoms with Gasteiger partial charge in [0.1, 0.15) is 34.6 Å². The molecule has 0 unspecified atom stereocenters. The Hall–Kier alpha value is -3.17. The van der Waals surface area contributed by atoms with Gasteiger partial charge in [0.05, 0.1) is 5.56 Å². The van der Waals surface area contributed by atoms with Gasteiger partial charge < -0.3 is 4.74 Å². The summed E-state index contributed by atoms with van der Waals surface area (Å²) in [7, 11) is 0. The smallest absolute Gasteiger partial charge is 0.429 e. The van der Waals surface area contributed by atoms with Crippen LogP contribution in [0.3, 0.4) is 0 Å². The number of allylic oxidation sites excluding steroid dienone is 3. The van der Waals surface area contributed by atoms with Crippen molar-refractivity contribution in [3.63, 3.8) is 0 Å². The normalized spacial score (nSPS) is 13.2. The first-order valence-electron chi connectivity index (χ1n) is 7.98. The molecule has 0 atom stereocenters. The van der Waals surface area contributed by atoms with Crippen molar-refractivity contribution in [2.45, 2.75) is 13.0 Å². The highest BCUT2D eigenvalue weighted by Crippen LogP contribution is 2.38. The van der Waals surface area contributed by atoms with Crippen molar-refractivity contribution in [3.05, 3.63) is 89.3 Å². The average Bonchev–Trinajstić information content (AvgIpc) is 2.64. The van der Waals surface area contributed by atoms with Gasteiger partial charge in [0.15, 0.2) is 17.5 Å². The fourth-order valence-electron chi connectivity index (χ4n) is 2.42. The van der Waals surface area contributed by atoms with Crippen LogP contribution in [-0.4, -0.2) is 6.11 Å².